The molecule has 2 N–H and O–H groups in total. The van der Waals surface area contributed by atoms with Gasteiger partial charge in [0.15, 0.2) is 0 Å². The van der Waals surface area contributed by atoms with E-state index in [4.69, 9.17) is 10.5 Å². The SMILES string of the molecule is CC(C)(C)OC(=O)N1CCN(C(=O)c2cc(N)ccn2)CC1. The summed E-state index contributed by atoms with van der Waals surface area (Å²) in [5.74, 6) is -0.170. The number of piperazine rings is 1. The van der Waals surface area contributed by atoms with Crippen LogP contribution in [0.3, 0.4) is 0 Å². The van der Waals surface area contributed by atoms with Gasteiger partial charge in [-0.25, -0.2) is 4.79 Å². The van der Waals surface area contributed by atoms with Gasteiger partial charge in [-0.1, -0.05) is 0 Å². The smallest absolute Gasteiger partial charge is 0.410 e. The Bertz CT molecular complexity index is 560. The lowest BCUT2D eigenvalue weighted by atomic mass is 10.2. The van der Waals surface area contributed by atoms with E-state index < -0.39 is 5.60 Å². The Balaban J connectivity index is 1.92. The van der Waals surface area contributed by atoms with E-state index in [-0.39, 0.29) is 12.0 Å². The first-order chi connectivity index (χ1) is 10.3. The Morgan fingerprint density at radius 2 is 1.77 bits per heavy atom. The van der Waals surface area contributed by atoms with Crippen LogP contribution in [-0.2, 0) is 4.74 Å². The molecule has 22 heavy (non-hydrogen) atoms. The Morgan fingerprint density at radius 1 is 1.18 bits per heavy atom. The summed E-state index contributed by atoms with van der Waals surface area (Å²) < 4.78 is 5.33. The first-order valence-corrected chi connectivity index (χ1v) is 7.25. The number of aromatic nitrogens is 1. The van der Waals surface area contributed by atoms with Crippen LogP contribution >= 0.6 is 0 Å². The number of ether oxygens (including phenoxy) is 1. The third kappa shape index (κ3) is 4.09. The van der Waals surface area contributed by atoms with Crippen LogP contribution in [-0.4, -0.2) is 58.6 Å². The molecule has 0 aliphatic carbocycles. The highest BCUT2D eigenvalue weighted by molar-refractivity contribution is 5.93. The van der Waals surface area contributed by atoms with E-state index in [0.29, 0.717) is 37.6 Å². The first kappa shape index (κ1) is 16.1. The third-order valence-electron chi connectivity index (χ3n) is 3.22. The molecule has 1 aliphatic rings. The van der Waals surface area contributed by atoms with Gasteiger partial charge in [0.25, 0.3) is 5.91 Å². The zero-order valence-corrected chi connectivity index (χ0v) is 13.2. The Morgan fingerprint density at radius 3 is 2.32 bits per heavy atom. The topological polar surface area (TPSA) is 88.8 Å². The summed E-state index contributed by atoms with van der Waals surface area (Å²) in [5, 5.41) is 0. The van der Waals surface area contributed by atoms with Crippen molar-refractivity contribution in [3.8, 4) is 0 Å². The molecule has 1 saturated heterocycles. The van der Waals surface area contributed by atoms with Crippen LogP contribution < -0.4 is 5.73 Å². The fourth-order valence-electron chi connectivity index (χ4n) is 2.14. The van der Waals surface area contributed by atoms with Crippen molar-refractivity contribution < 1.29 is 14.3 Å². The molecule has 2 rings (SSSR count). The summed E-state index contributed by atoms with van der Waals surface area (Å²) in [6.45, 7) is 7.29. The Labute approximate surface area is 130 Å². The molecule has 1 aromatic heterocycles. The van der Waals surface area contributed by atoms with Gasteiger partial charge in [0.2, 0.25) is 0 Å². The van der Waals surface area contributed by atoms with Crippen LogP contribution in [0, 0.1) is 0 Å². The van der Waals surface area contributed by atoms with Gasteiger partial charge in [-0.15, -0.1) is 0 Å². The zero-order valence-electron chi connectivity index (χ0n) is 13.2. The molecule has 2 heterocycles. The van der Waals surface area contributed by atoms with Gasteiger partial charge < -0.3 is 20.3 Å². The minimum Gasteiger partial charge on any atom is -0.444 e. The van der Waals surface area contributed by atoms with Gasteiger partial charge >= 0.3 is 6.09 Å². The lowest BCUT2D eigenvalue weighted by Gasteiger charge is -2.35. The van der Waals surface area contributed by atoms with E-state index in [9.17, 15) is 9.59 Å². The number of nitrogen functional groups attached to an aromatic ring is 1. The number of nitrogens with two attached hydrogens (primary N) is 1. The average Bonchev–Trinajstić information content (AvgIpc) is 2.45. The second-order valence-corrected chi connectivity index (χ2v) is 6.23. The summed E-state index contributed by atoms with van der Waals surface area (Å²) in [5.41, 5.74) is 5.98. The van der Waals surface area contributed by atoms with Crippen molar-refractivity contribution >= 4 is 17.7 Å². The molecule has 1 fully saturated rings. The highest BCUT2D eigenvalue weighted by atomic mass is 16.6. The van der Waals surface area contributed by atoms with Gasteiger partial charge in [-0.05, 0) is 32.9 Å². The lowest BCUT2D eigenvalue weighted by molar-refractivity contribution is 0.0140. The van der Waals surface area contributed by atoms with Gasteiger partial charge in [-0.3, -0.25) is 9.78 Å². The minimum atomic E-state index is -0.518. The molecule has 7 heteroatoms. The molecule has 1 aromatic rings. The fraction of sp³-hybridized carbons (Fsp3) is 0.533. The third-order valence-corrected chi connectivity index (χ3v) is 3.22. The molecule has 0 radical (unpaired) electrons. The zero-order chi connectivity index (χ0) is 16.3. The summed E-state index contributed by atoms with van der Waals surface area (Å²) >= 11 is 0. The maximum atomic E-state index is 12.3. The maximum Gasteiger partial charge on any atom is 0.410 e. The highest BCUT2D eigenvalue weighted by Gasteiger charge is 2.28. The molecule has 0 bridgehead atoms. The highest BCUT2D eigenvalue weighted by Crippen LogP contribution is 2.13. The average molecular weight is 306 g/mol. The molecule has 0 unspecified atom stereocenters. The Hall–Kier alpha value is -2.31. The van der Waals surface area contributed by atoms with Crippen molar-refractivity contribution in [1.29, 1.82) is 0 Å². The second-order valence-electron chi connectivity index (χ2n) is 6.23. The number of nitrogens with zero attached hydrogens (tertiary/aromatic N) is 3. The molecular weight excluding hydrogens is 284 g/mol. The number of hydrogen-bond acceptors (Lipinski definition) is 5. The summed E-state index contributed by atoms with van der Waals surface area (Å²) in [6.07, 6.45) is 1.17. The van der Waals surface area contributed by atoms with Crippen molar-refractivity contribution in [1.82, 2.24) is 14.8 Å². The molecule has 2 amide bonds. The predicted molar refractivity (Wildman–Crippen MR) is 82.4 cm³/mol. The van der Waals surface area contributed by atoms with E-state index in [1.807, 2.05) is 20.8 Å². The molecule has 1 aliphatic heterocycles. The summed E-state index contributed by atoms with van der Waals surface area (Å²) in [4.78, 5) is 31.6. The molecular formula is C15H22N4O3. The summed E-state index contributed by atoms with van der Waals surface area (Å²) in [6, 6.07) is 3.19. The van der Waals surface area contributed by atoms with Crippen LogP contribution in [0.2, 0.25) is 0 Å². The molecule has 0 aromatic carbocycles. The molecule has 7 nitrogen and oxygen atoms in total. The van der Waals surface area contributed by atoms with Gasteiger partial charge in [0, 0.05) is 38.1 Å². The molecule has 0 atom stereocenters. The maximum absolute atomic E-state index is 12.3. The van der Waals surface area contributed by atoms with E-state index in [2.05, 4.69) is 4.98 Å². The van der Waals surface area contributed by atoms with E-state index in [1.54, 1.807) is 21.9 Å². The minimum absolute atomic E-state index is 0.170. The van der Waals surface area contributed by atoms with Crippen LogP contribution in [0.15, 0.2) is 18.3 Å². The van der Waals surface area contributed by atoms with Crippen LogP contribution in [0.5, 0.6) is 0 Å². The normalized spacial score (nSPS) is 15.6. The lowest BCUT2D eigenvalue weighted by Crippen LogP contribution is -2.51. The molecule has 0 saturated carbocycles. The monoisotopic (exact) mass is 306 g/mol. The fourth-order valence-corrected chi connectivity index (χ4v) is 2.14. The van der Waals surface area contributed by atoms with Crippen LogP contribution in [0.1, 0.15) is 31.3 Å². The van der Waals surface area contributed by atoms with E-state index in [0.717, 1.165) is 0 Å². The predicted octanol–water partition coefficient (Wildman–Crippen LogP) is 1.36. The Kier molecular flexibility index (Phi) is 4.54. The molecule has 0 spiro atoms. The van der Waals surface area contributed by atoms with Crippen molar-refractivity contribution in [2.24, 2.45) is 0 Å². The van der Waals surface area contributed by atoms with Crippen molar-refractivity contribution in [3.63, 3.8) is 0 Å². The van der Waals surface area contributed by atoms with Crippen molar-refractivity contribution in [2.75, 3.05) is 31.9 Å². The van der Waals surface area contributed by atoms with Crippen LogP contribution in [0.25, 0.3) is 0 Å². The number of carbonyl (C=O) groups is 2. The largest absolute Gasteiger partial charge is 0.444 e. The van der Waals surface area contributed by atoms with Gasteiger partial charge in [0.05, 0.1) is 0 Å². The second kappa shape index (κ2) is 6.21. The number of carbonyl (C=O) groups excluding carboxylic acids is 2. The standard InChI is InChI=1S/C15H22N4O3/c1-15(2,3)22-14(21)19-8-6-18(7-9-19)13(20)12-10-11(16)4-5-17-12/h4-5,10H,6-9H2,1-3H3,(H2,16,17). The van der Waals surface area contributed by atoms with E-state index >= 15 is 0 Å². The number of pyridine rings is 1. The number of rotatable bonds is 1. The number of amides is 2. The first-order valence-electron chi connectivity index (χ1n) is 7.25. The van der Waals surface area contributed by atoms with Crippen molar-refractivity contribution in [3.05, 3.63) is 24.0 Å². The van der Waals surface area contributed by atoms with Crippen LogP contribution in [0.4, 0.5) is 10.5 Å². The van der Waals surface area contributed by atoms with Crippen molar-refractivity contribution in [2.45, 2.75) is 26.4 Å². The number of anilines is 1. The molecule has 120 valence electrons. The number of hydrogen-bond donors (Lipinski definition) is 1. The van der Waals surface area contributed by atoms with Gasteiger partial charge in [-0.2, -0.15) is 0 Å². The quantitative estimate of drug-likeness (QED) is 0.846. The van der Waals surface area contributed by atoms with E-state index in [1.165, 1.54) is 6.20 Å². The summed E-state index contributed by atoms with van der Waals surface area (Å²) in [7, 11) is 0. The van der Waals surface area contributed by atoms with Gasteiger partial charge in [0.1, 0.15) is 11.3 Å².